The van der Waals surface area contributed by atoms with Crippen LogP contribution in [-0.2, 0) is 15.8 Å². The van der Waals surface area contributed by atoms with Crippen LogP contribution in [0.25, 0.3) is 0 Å². The van der Waals surface area contributed by atoms with E-state index < -0.39 is 10.0 Å². The van der Waals surface area contributed by atoms with E-state index in [-0.39, 0.29) is 11.2 Å². The fourth-order valence-corrected chi connectivity index (χ4v) is 4.56. The van der Waals surface area contributed by atoms with Gasteiger partial charge < -0.3 is 5.73 Å². The first-order valence-electron chi connectivity index (χ1n) is 7.06. The molecule has 1 fully saturated rings. The van der Waals surface area contributed by atoms with E-state index in [1.807, 2.05) is 0 Å². The largest absolute Gasteiger partial charge is 0.389 e. The van der Waals surface area contributed by atoms with Crippen molar-refractivity contribution in [3.63, 3.8) is 0 Å². The van der Waals surface area contributed by atoms with Crippen molar-refractivity contribution in [2.45, 2.75) is 32.4 Å². The molecule has 1 aromatic rings. The third kappa shape index (κ3) is 4.25. The number of nitrogens with two attached hydrogens (primary N) is 1. The molecule has 1 aromatic carbocycles. The summed E-state index contributed by atoms with van der Waals surface area (Å²) in [6.45, 7) is 5.45. The Morgan fingerprint density at radius 1 is 1.33 bits per heavy atom. The van der Waals surface area contributed by atoms with Crippen LogP contribution in [0.1, 0.15) is 37.8 Å². The van der Waals surface area contributed by atoms with E-state index in [4.69, 9.17) is 18.0 Å². The quantitative estimate of drug-likeness (QED) is 0.862. The van der Waals surface area contributed by atoms with Crippen molar-refractivity contribution < 1.29 is 8.42 Å². The molecule has 2 N–H and O–H groups in total. The third-order valence-electron chi connectivity index (χ3n) is 3.85. The molecule has 6 heteroatoms. The van der Waals surface area contributed by atoms with Crippen LogP contribution in [0, 0.1) is 5.41 Å². The molecule has 1 heterocycles. The molecule has 2 rings (SSSR count). The zero-order valence-corrected chi connectivity index (χ0v) is 14.1. The average Bonchev–Trinajstić information content (AvgIpc) is 2.37. The van der Waals surface area contributed by atoms with E-state index in [0.717, 1.165) is 24.0 Å². The molecule has 21 heavy (non-hydrogen) atoms. The molecule has 1 aliphatic heterocycles. The second-order valence-electron chi connectivity index (χ2n) is 6.42. The monoisotopic (exact) mass is 326 g/mol. The molecule has 0 bridgehead atoms. The summed E-state index contributed by atoms with van der Waals surface area (Å²) >= 11 is 4.89. The summed E-state index contributed by atoms with van der Waals surface area (Å²) in [5, 5.41) is 0. The Hall–Kier alpha value is -0.980. The molecule has 0 aliphatic carbocycles. The third-order valence-corrected chi connectivity index (χ3v) is 5.88. The van der Waals surface area contributed by atoms with Gasteiger partial charge in [-0.3, -0.25) is 0 Å². The molecule has 0 unspecified atom stereocenters. The maximum Gasteiger partial charge on any atom is 0.218 e. The molecule has 0 saturated carbocycles. The van der Waals surface area contributed by atoms with Gasteiger partial charge in [-0.15, -0.1) is 0 Å². The van der Waals surface area contributed by atoms with Gasteiger partial charge in [-0.2, -0.15) is 0 Å². The lowest BCUT2D eigenvalue weighted by molar-refractivity contribution is 0.187. The Bertz CT molecular complexity index is 622. The predicted octanol–water partition coefficient (Wildman–Crippen LogP) is 2.27. The number of sulfonamides is 1. The fraction of sp³-hybridized carbons (Fsp3) is 0.533. The minimum absolute atomic E-state index is 0.0285. The van der Waals surface area contributed by atoms with E-state index in [1.54, 1.807) is 28.6 Å². The topological polar surface area (TPSA) is 63.4 Å². The minimum atomic E-state index is -3.27. The molecule has 1 saturated heterocycles. The highest BCUT2D eigenvalue weighted by molar-refractivity contribution is 7.88. The number of hydrogen-bond acceptors (Lipinski definition) is 3. The summed E-state index contributed by atoms with van der Waals surface area (Å²) in [6, 6.07) is 7.10. The molecular formula is C15H22N2O2S2. The highest BCUT2D eigenvalue weighted by Crippen LogP contribution is 2.30. The number of thiocarbonyl (C=S) groups is 1. The molecule has 0 atom stereocenters. The normalized spacial score (nSPS) is 19.3. The molecule has 4 nitrogen and oxygen atoms in total. The van der Waals surface area contributed by atoms with Gasteiger partial charge >= 0.3 is 0 Å². The summed E-state index contributed by atoms with van der Waals surface area (Å²) in [4.78, 5) is 0.321. The standard InChI is InChI=1S/C15H22N2O2S2/c1-15(2)8-3-9-17(11-15)21(18,19)10-12-4-6-13(7-5-12)14(16)20/h4-7H,3,8-11H2,1-2H3,(H2,16,20). The lowest BCUT2D eigenvalue weighted by Gasteiger charge is -2.37. The molecule has 0 radical (unpaired) electrons. The van der Waals surface area contributed by atoms with Crippen LogP contribution in [0.4, 0.5) is 0 Å². The van der Waals surface area contributed by atoms with Crippen LogP contribution in [0.5, 0.6) is 0 Å². The van der Waals surface area contributed by atoms with Crippen molar-refractivity contribution in [3.05, 3.63) is 35.4 Å². The van der Waals surface area contributed by atoms with Crippen molar-refractivity contribution >= 4 is 27.2 Å². The summed E-state index contributed by atoms with van der Waals surface area (Å²) in [7, 11) is -3.27. The Kier molecular flexibility index (Phi) is 4.70. The van der Waals surface area contributed by atoms with Crippen LogP contribution >= 0.6 is 12.2 Å². The van der Waals surface area contributed by atoms with Gasteiger partial charge in [0, 0.05) is 18.7 Å². The van der Waals surface area contributed by atoms with Gasteiger partial charge in [-0.1, -0.05) is 50.3 Å². The molecule has 0 amide bonds. The predicted molar refractivity (Wildman–Crippen MR) is 89.5 cm³/mol. The number of rotatable bonds is 4. The molecule has 0 spiro atoms. The van der Waals surface area contributed by atoms with Gasteiger partial charge in [0.2, 0.25) is 10.0 Å². The van der Waals surface area contributed by atoms with E-state index in [2.05, 4.69) is 13.8 Å². The number of nitrogens with zero attached hydrogens (tertiary/aromatic N) is 1. The Balaban J connectivity index is 2.12. The van der Waals surface area contributed by atoms with Gasteiger partial charge in [0.05, 0.1) is 5.75 Å². The van der Waals surface area contributed by atoms with E-state index in [9.17, 15) is 8.42 Å². The zero-order chi connectivity index (χ0) is 15.7. The maximum absolute atomic E-state index is 12.5. The zero-order valence-electron chi connectivity index (χ0n) is 12.5. The lowest BCUT2D eigenvalue weighted by Crippen LogP contribution is -2.43. The van der Waals surface area contributed by atoms with Crippen LogP contribution in [0.2, 0.25) is 0 Å². The molecule has 116 valence electrons. The lowest BCUT2D eigenvalue weighted by atomic mass is 9.85. The van der Waals surface area contributed by atoms with E-state index in [0.29, 0.717) is 18.1 Å². The van der Waals surface area contributed by atoms with Gasteiger partial charge in [0.15, 0.2) is 0 Å². The summed E-state index contributed by atoms with van der Waals surface area (Å²) < 4.78 is 26.7. The molecule has 0 aromatic heterocycles. The number of benzene rings is 1. The van der Waals surface area contributed by atoms with Crippen molar-refractivity contribution in [1.82, 2.24) is 4.31 Å². The SMILES string of the molecule is CC1(C)CCCN(S(=O)(=O)Cc2ccc(C(N)=S)cc2)C1. The van der Waals surface area contributed by atoms with Gasteiger partial charge in [-0.25, -0.2) is 12.7 Å². The second kappa shape index (κ2) is 6.02. The Morgan fingerprint density at radius 2 is 1.95 bits per heavy atom. The van der Waals surface area contributed by atoms with Crippen molar-refractivity contribution in [1.29, 1.82) is 0 Å². The second-order valence-corrected chi connectivity index (χ2v) is 8.83. The van der Waals surface area contributed by atoms with Crippen molar-refractivity contribution in [2.24, 2.45) is 11.1 Å². The first-order valence-corrected chi connectivity index (χ1v) is 9.08. The smallest absolute Gasteiger partial charge is 0.218 e. The Morgan fingerprint density at radius 3 is 2.48 bits per heavy atom. The van der Waals surface area contributed by atoms with Gasteiger partial charge in [0.25, 0.3) is 0 Å². The highest BCUT2D eigenvalue weighted by Gasteiger charge is 2.33. The minimum Gasteiger partial charge on any atom is -0.389 e. The van der Waals surface area contributed by atoms with Crippen molar-refractivity contribution in [2.75, 3.05) is 13.1 Å². The molecule has 1 aliphatic rings. The first kappa shape index (κ1) is 16.4. The van der Waals surface area contributed by atoms with Crippen molar-refractivity contribution in [3.8, 4) is 0 Å². The summed E-state index contributed by atoms with van der Waals surface area (Å²) in [5.74, 6) is 0.0285. The highest BCUT2D eigenvalue weighted by atomic mass is 32.2. The number of hydrogen-bond donors (Lipinski definition) is 1. The summed E-state index contributed by atoms with van der Waals surface area (Å²) in [6.07, 6.45) is 1.99. The van der Waals surface area contributed by atoms with Crippen LogP contribution in [0.3, 0.4) is 0 Å². The summed E-state index contributed by atoms with van der Waals surface area (Å²) in [5.41, 5.74) is 7.12. The van der Waals surface area contributed by atoms with E-state index in [1.165, 1.54) is 0 Å². The van der Waals surface area contributed by atoms with E-state index >= 15 is 0 Å². The van der Waals surface area contributed by atoms with Crippen LogP contribution in [0.15, 0.2) is 24.3 Å². The first-order chi connectivity index (χ1) is 9.70. The molecular weight excluding hydrogens is 304 g/mol. The fourth-order valence-electron chi connectivity index (χ4n) is 2.67. The number of piperidine rings is 1. The van der Waals surface area contributed by atoms with Gasteiger partial charge in [0.1, 0.15) is 4.99 Å². The van der Waals surface area contributed by atoms with Gasteiger partial charge in [-0.05, 0) is 23.8 Å². The van der Waals surface area contributed by atoms with Crippen LogP contribution < -0.4 is 5.73 Å². The van der Waals surface area contributed by atoms with Crippen LogP contribution in [-0.4, -0.2) is 30.8 Å². The maximum atomic E-state index is 12.5. The Labute approximate surface area is 132 Å². The average molecular weight is 326 g/mol.